The second-order valence-corrected chi connectivity index (χ2v) is 14.4. The molecule has 0 unspecified atom stereocenters. The summed E-state index contributed by atoms with van der Waals surface area (Å²) in [6.45, 7) is 0. The van der Waals surface area contributed by atoms with E-state index in [-0.39, 0.29) is 0 Å². The molecule has 0 N–H and O–H groups in total. The lowest BCUT2D eigenvalue weighted by Crippen LogP contribution is -2.11. The molecule has 0 atom stereocenters. The van der Waals surface area contributed by atoms with Crippen molar-refractivity contribution in [2.24, 2.45) is 0 Å². The van der Waals surface area contributed by atoms with Crippen LogP contribution in [0.25, 0.3) is 75.1 Å². The van der Waals surface area contributed by atoms with Crippen LogP contribution in [0.1, 0.15) is 0 Å². The zero-order valence-corrected chi connectivity index (χ0v) is 29.2. The molecular weight excluding hydrogens is 647 g/mol. The summed E-state index contributed by atoms with van der Waals surface area (Å²) < 4.78 is 2.66. The van der Waals surface area contributed by atoms with Crippen molar-refractivity contribution in [2.75, 3.05) is 4.90 Å². The Hall–Kier alpha value is -6.48. The Morgan fingerprint density at radius 2 is 0.865 bits per heavy atom. The highest BCUT2D eigenvalue weighted by Crippen LogP contribution is 2.43. The Balaban J connectivity index is 1.09. The molecule has 0 saturated heterocycles. The van der Waals surface area contributed by atoms with Gasteiger partial charge in [-0.2, -0.15) is 0 Å². The fraction of sp³-hybridized carbons (Fsp3) is 0. The number of benzene rings is 9. The zero-order chi connectivity index (χ0) is 34.4. The average Bonchev–Trinajstić information content (AvgIpc) is 3.60. The van der Waals surface area contributed by atoms with E-state index in [1.165, 1.54) is 75.1 Å². The first-order valence-electron chi connectivity index (χ1n) is 17.8. The van der Waals surface area contributed by atoms with Crippen molar-refractivity contribution in [1.29, 1.82) is 0 Å². The molecule has 2 heteroatoms. The summed E-state index contributed by atoms with van der Waals surface area (Å²) in [5.41, 5.74) is 10.6. The number of para-hydroxylation sites is 1. The minimum atomic E-state index is 1.11. The van der Waals surface area contributed by atoms with Crippen LogP contribution in [-0.2, 0) is 0 Å². The number of hydrogen-bond acceptors (Lipinski definition) is 2. The van der Waals surface area contributed by atoms with Gasteiger partial charge >= 0.3 is 0 Å². The van der Waals surface area contributed by atoms with Crippen LogP contribution in [0.15, 0.2) is 200 Å². The molecule has 10 rings (SSSR count). The molecule has 10 aromatic rings. The minimum Gasteiger partial charge on any atom is -0.310 e. The SMILES string of the molecule is c1ccc(-c2ccc(N(c3ccc(-c4ccc5sc6ccccc6c5c4)cc3)c3ccccc3-c3ccc4c(ccc5ccccc54)c3)cc2)cc1. The van der Waals surface area contributed by atoms with E-state index in [0.717, 1.165) is 17.1 Å². The predicted octanol–water partition coefficient (Wildman–Crippen LogP) is 14.8. The van der Waals surface area contributed by atoms with Gasteiger partial charge in [-0.05, 0) is 104 Å². The van der Waals surface area contributed by atoms with E-state index in [1.807, 2.05) is 11.3 Å². The summed E-state index contributed by atoms with van der Waals surface area (Å²) >= 11 is 1.86. The standard InChI is InChI=1S/C50H33NS/c1-2-10-34(11-3-1)35-20-26-41(27-21-35)51(42-28-22-36(23-29-42)38-25-31-50-47(33-38)46-15-7-9-17-49(46)52-50)48-16-8-6-14-45(48)40-24-30-44-39(32-40)19-18-37-12-4-5-13-43(37)44/h1-33H. The molecule has 0 aliphatic rings. The van der Waals surface area contributed by atoms with E-state index in [2.05, 4.69) is 205 Å². The van der Waals surface area contributed by atoms with Crippen LogP contribution >= 0.6 is 11.3 Å². The van der Waals surface area contributed by atoms with E-state index in [1.54, 1.807) is 0 Å². The third kappa shape index (κ3) is 5.33. The van der Waals surface area contributed by atoms with Gasteiger partial charge < -0.3 is 4.90 Å². The van der Waals surface area contributed by atoms with E-state index >= 15 is 0 Å². The average molecular weight is 680 g/mol. The number of rotatable bonds is 6. The summed E-state index contributed by atoms with van der Waals surface area (Å²) in [6.07, 6.45) is 0. The minimum absolute atomic E-state index is 1.11. The molecule has 0 spiro atoms. The van der Waals surface area contributed by atoms with Gasteiger partial charge in [-0.1, -0.05) is 146 Å². The van der Waals surface area contributed by atoms with Crippen molar-refractivity contribution in [1.82, 2.24) is 0 Å². The monoisotopic (exact) mass is 679 g/mol. The lowest BCUT2D eigenvalue weighted by Gasteiger charge is -2.28. The van der Waals surface area contributed by atoms with Crippen molar-refractivity contribution in [2.45, 2.75) is 0 Å². The van der Waals surface area contributed by atoms with Gasteiger partial charge in [0.25, 0.3) is 0 Å². The smallest absolute Gasteiger partial charge is 0.0540 e. The quantitative estimate of drug-likeness (QED) is 0.158. The summed E-state index contributed by atoms with van der Waals surface area (Å²) in [5, 5.41) is 7.71. The van der Waals surface area contributed by atoms with E-state index in [0.29, 0.717) is 0 Å². The van der Waals surface area contributed by atoms with Crippen LogP contribution in [0, 0.1) is 0 Å². The molecule has 0 saturated carbocycles. The molecule has 0 aliphatic carbocycles. The lowest BCUT2D eigenvalue weighted by molar-refractivity contribution is 1.28. The predicted molar refractivity (Wildman–Crippen MR) is 225 cm³/mol. The summed E-state index contributed by atoms with van der Waals surface area (Å²) in [4.78, 5) is 2.40. The fourth-order valence-electron chi connectivity index (χ4n) is 7.66. The molecule has 52 heavy (non-hydrogen) atoms. The Bertz CT molecular complexity index is 2890. The third-order valence-corrected chi connectivity index (χ3v) is 11.4. The lowest BCUT2D eigenvalue weighted by atomic mass is 9.96. The summed E-state index contributed by atoms with van der Waals surface area (Å²) in [5.74, 6) is 0. The molecule has 1 nitrogen and oxygen atoms in total. The highest BCUT2D eigenvalue weighted by atomic mass is 32.1. The van der Waals surface area contributed by atoms with Gasteiger partial charge in [0, 0.05) is 37.1 Å². The Labute approximate surface area is 307 Å². The maximum atomic E-state index is 2.40. The van der Waals surface area contributed by atoms with Crippen molar-refractivity contribution in [3.63, 3.8) is 0 Å². The first-order valence-corrected chi connectivity index (χ1v) is 18.6. The first-order chi connectivity index (χ1) is 25.8. The molecule has 0 amide bonds. The number of nitrogens with zero attached hydrogens (tertiary/aromatic N) is 1. The third-order valence-electron chi connectivity index (χ3n) is 10.3. The van der Waals surface area contributed by atoms with Gasteiger partial charge in [0.05, 0.1) is 5.69 Å². The maximum absolute atomic E-state index is 2.40. The van der Waals surface area contributed by atoms with E-state index in [4.69, 9.17) is 0 Å². The second-order valence-electron chi connectivity index (χ2n) is 13.3. The Kier molecular flexibility index (Phi) is 7.41. The van der Waals surface area contributed by atoms with E-state index in [9.17, 15) is 0 Å². The van der Waals surface area contributed by atoms with Gasteiger partial charge in [-0.25, -0.2) is 0 Å². The van der Waals surface area contributed by atoms with Crippen molar-refractivity contribution < 1.29 is 0 Å². The van der Waals surface area contributed by atoms with Gasteiger partial charge in [0.1, 0.15) is 0 Å². The van der Waals surface area contributed by atoms with Crippen molar-refractivity contribution >= 4 is 70.1 Å². The van der Waals surface area contributed by atoms with Gasteiger partial charge in [-0.3, -0.25) is 0 Å². The summed E-state index contributed by atoms with van der Waals surface area (Å²) in [6, 6.07) is 73.0. The van der Waals surface area contributed by atoms with Gasteiger partial charge in [0.15, 0.2) is 0 Å². The van der Waals surface area contributed by atoms with Crippen molar-refractivity contribution in [3.8, 4) is 33.4 Å². The van der Waals surface area contributed by atoms with Crippen LogP contribution < -0.4 is 4.90 Å². The molecule has 1 heterocycles. The molecule has 244 valence electrons. The first kappa shape index (κ1) is 30.4. The van der Waals surface area contributed by atoms with Crippen LogP contribution in [0.3, 0.4) is 0 Å². The number of fused-ring (bicyclic) bond motifs is 6. The van der Waals surface area contributed by atoms with Crippen LogP contribution in [0.2, 0.25) is 0 Å². The van der Waals surface area contributed by atoms with E-state index < -0.39 is 0 Å². The molecule has 0 aliphatic heterocycles. The van der Waals surface area contributed by atoms with Crippen LogP contribution in [0.4, 0.5) is 17.1 Å². The maximum Gasteiger partial charge on any atom is 0.0540 e. The highest BCUT2D eigenvalue weighted by Gasteiger charge is 2.18. The normalized spacial score (nSPS) is 11.5. The topological polar surface area (TPSA) is 3.24 Å². The number of hydrogen-bond donors (Lipinski definition) is 0. The Morgan fingerprint density at radius 1 is 0.308 bits per heavy atom. The zero-order valence-electron chi connectivity index (χ0n) is 28.4. The Morgan fingerprint density at radius 3 is 1.67 bits per heavy atom. The number of anilines is 3. The highest BCUT2D eigenvalue weighted by molar-refractivity contribution is 7.25. The second kappa shape index (κ2) is 12.7. The molecule has 0 fully saturated rings. The van der Waals surface area contributed by atoms with Crippen molar-refractivity contribution in [3.05, 3.63) is 200 Å². The number of thiophene rings is 1. The molecular formula is C50H33NS. The largest absolute Gasteiger partial charge is 0.310 e. The molecule has 9 aromatic carbocycles. The van der Waals surface area contributed by atoms with Crippen LogP contribution in [0.5, 0.6) is 0 Å². The van der Waals surface area contributed by atoms with Crippen LogP contribution in [-0.4, -0.2) is 0 Å². The van der Waals surface area contributed by atoms with Gasteiger partial charge in [-0.15, -0.1) is 11.3 Å². The summed E-state index contributed by atoms with van der Waals surface area (Å²) in [7, 11) is 0. The molecule has 0 radical (unpaired) electrons. The molecule has 0 bridgehead atoms. The fourth-order valence-corrected chi connectivity index (χ4v) is 8.75. The molecule has 1 aromatic heterocycles. The van der Waals surface area contributed by atoms with Gasteiger partial charge in [0.2, 0.25) is 0 Å².